The van der Waals surface area contributed by atoms with Gasteiger partial charge in [0.25, 0.3) is 0 Å². The summed E-state index contributed by atoms with van der Waals surface area (Å²) in [6.07, 6.45) is 0. The van der Waals surface area contributed by atoms with Crippen LogP contribution in [0.4, 0.5) is 0 Å². The molecule has 0 aliphatic heterocycles. The second-order valence-corrected chi connectivity index (χ2v) is 3.40. The fraction of sp³-hybridized carbons (Fsp3) is 0.462. The number of nitrogens with zero attached hydrogens (tertiary/aromatic N) is 1. The third-order valence-electron chi connectivity index (χ3n) is 2.21. The standard InChI is InChI=1S/C13H18N2O2/c1-3-15-10-11-6-5-7-12(16-4-2)13(11)17-9-8-14/h5-7,15H,3-4,9-10H2,1-2H3. The van der Waals surface area contributed by atoms with Crippen LogP contribution in [0.1, 0.15) is 19.4 Å². The van der Waals surface area contributed by atoms with Gasteiger partial charge in [-0.05, 0) is 19.5 Å². The molecule has 0 saturated heterocycles. The van der Waals surface area contributed by atoms with Gasteiger partial charge in [-0.2, -0.15) is 5.26 Å². The van der Waals surface area contributed by atoms with Gasteiger partial charge < -0.3 is 14.8 Å². The Morgan fingerprint density at radius 2 is 2.12 bits per heavy atom. The molecule has 0 bridgehead atoms. The molecule has 0 radical (unpaired) electrons. The van der Waals surface area contributed by atoms with Crippen molar-refractivity contribution < 1.29 is 9.47 Å². The number of para-hydroxylation sites is 1. The first-order chi connectivity index (χ1) is 8.33. The van der Waals surface area contributed by atoms with Crippen LogP contribution in [0.2, 0.25) is 0 Å². The Kier molecular flexibility index (Phi) is 5.91. The first-order valence-electron chi connectivity index (χ1n) is 5.78. The molecule has 0 fully saturated rings. The number of hydrogen-bond acceptors (Lipinski definition) is 4. The average Bonchev–Trinajstić information content (AvgIpc) is 2.35. The topological polar surface area (TPSA) is 54.3 Å². The number of rotatable bonds is 7. The van der Waals surface area contributed by atoms with Crippen LogP contribution in [-0.2, 0) is 6.54 Å². The van der Waals surface area contributed by atoms with Gasteiger partial charge >= 0.3 is 0 Å². The molecule has 0 aliphatic carbocycles. The fourth-order valence-corrected chi connectivity index (χ4v) is 1.50. The van der Waals surface area contributed by atoms with Crippen molar-refractivity contribution in [2.45, 2.75) is 20.4 Å². The van der Waals surface area contributed by atoms with Crippen molar-refractivity contribution in [3.8, 4) is 17.6 Å². The van der Waals surface area contributed by atoms with Gasteiger partial charge in [0.15, 0.2) is 18.1 Å². The van der Waals surface area contributed by atoms with Crippen LogP contribution < -0.4 is 14.8 Å². The van der Waals surface area contributed by atoms with E-state index in [0.717, 1.165) is 12.1 Å². The summed E-state index contributed by atoms with van der Waals surface area (Å²) in [5.74, 6) is 1.36. The van der Waals surface area contributed by atoms with E-state index in [9.17, 15) is 0 Å². The Bertz CT molecular complexity index is 385. The third-order valence-corrected chi connectivity index (χ3v) is 2.21. The lowest BCUT2D eigenvalue weighted by Gasteiger charge is -2.14. The predicted molar refractivity (Wildman–Crippen MR) is 66.1 cm³/mol. The van der Waals surface area contributed by atoms with Crippen LogP contribution in [0.3, 0.4) is 0 Å². The molecule has 1 rings (SSSR count). The summed E-state index contributed by atoms with van der Waals surface area (Å²) in [5.41, 5.74) is 1.01. The molecule has 0 saturated carbocycles. The van der Waals surface area contributed by atoms with E-state index in [4.69, 9.17) is 14.7 Å². The molecule has 0 amide bonds. The van der Waals surface area contributed by atoms with E-state index in [1.807, 2.05) is 38.1 Å². The lowest BCUT2D eigenvalue weighted by atomic mass is 10.2. The zero-order valence-corrected chi connectivity index (χ0v) is 10.3. The van der Waals surface area contributed by atoms with Gasteiger partial charge in [0.2, 0.25) is 0 Å². The monoisotopic (exact) mass is 234 g/mol. The van der Waals surface area contributed by atoms with E-state index in [-0.39, 0.29) is 6.61 Å². The maximum Gasteiger partial charge on any atom is 0.174 e. The number of nitriles is 1. The first kappa shape index (κ1) is 13.3. The molecule has 0 atom stereocenters. The Morgan fingerprint density at radius 1 is 1.29 bits per heavy atom. The highest BCUT2D eigenvalue weighted by atomic mass is 16.5. The molecule has 1 aromatic rings. The molecule has 0 aliphatic rings. The minimum atomic E-state index is 0.0310. The summed E-state index contributed by atoms with van der Waals surface area (Å²) in [6, 6.07) is 7.72. The highest BCUT2D eigenvalue weighted by Crippen LogP contribution is 2.31. The summed E-state index contributed by atoms with van der Waals surface area (Å²) < 4.78 is 10.9. The summed E-state index contributed by atoms with van der Waals surface area (Å²) in [7, 11) is 0. The van der Waals surface area contributed by atoms with Crippen molar-refractivity contribution in [3.05, 3.63) is 23.8 Å². The Morgan fingerprint density at radius 3 is 2.76 bits per heavy atom. The van der Waals surface area contributed by atoms with Gasteiger partial charge in [0.1, 0.15) is 6.07 Å². The molecule has 92 valence electrons. The zero-order chi connectivity index (χ0) is 12.5. The molecule has 1 N–H and O–H groups in total. The van der Waals surface area contributed by atoms with Crippen LogP contribution >= 0.6 is 0 Å². The van der Waals surface area contributed by atoms with Crippen molar-refractivity contribution in [1.29, 1.82) is 5.26 Å². The van der Waals surface area contributed by atoms with Crippen molar-refractivity contribution in [2.75, 3.05) is 19.8 Å². The average molecular weight is 234 g/mol. The second kappa shape index (κ2) is 7.53. The molecule has 1 aromatic carbocycles. The van der Waals surface area contributed by atoms with Crippen LogP contribution in [0.15, 0.2) is 18.2 Å². The summed E-state index contributed by atoms with van der Waals surface area (Å²) in [6.45, 7) is 6.17. The summed E-state index contributed by atoms with van der Waals surface area (Å²) >= 11 is 0. The zero-order valence-electron chi connectivity index (χ0n) is 10.3. The number of ether oxygens (including phenoxy) is 2. The van der Waals surface area contributed by atoms with Crippen LogP contribution in [-0.4, -0.2) is 19.8 Å². The van der Waals surface area contributed by atoms with Crippen molar-refractivity contribution in [1.82, 2.24) is 5.32 Å². The fourth-order valence-electron chi connectivity index (χ4n) is 1.50. The molecule has 0 unspecified atom stereocenters. The molecule has 0 aromatic heterocycles. The van der Waals surface area contributed by atoms with E-state index in [1.165, 1.54) is 0 Å². The molecule has 17 heavy (non-hydrogen) atoms. The third kappa shape index (κ3) is 3.97. The highest BCUT2D eigenvalue weighted by molar-refractivity contribution is 5.46. The SMILES string of the molecule is CCNCc1cccc(OCC)c1OCC#N. The van der Waals surface area contributed by atoms with E-state index in [0.29, 0.717) is 24.7 Å². The largest absolute Gasteiger partial charge is 0.490 e. The Labute approximate surface area is 102 Å². The molecule has 0 heterocycles. The van der Waals surface area contributed by atoms with Gasteiger partial charge in [-0.15, -0.1) is 0 Å². The van der Waals surface area contributed by atoms with Gasteiger partial charge in [0, 0.05) is 12.1 Å². The first-order valence-corrected chi connectivity index (χ1v) is 5.78. The minimum Gasteiger partial charge on any atom is -0.490 e. The quantitative estimate of drug-likeness (QED) is 0.785. The lowest BCUT2D eigenvalue weighted by molar-refractivity contribution is 0.296. The van der Waals surface area contributed by atoms with Gasteiger partial charge in [-0.25, -0.2) is 0 Å². The molecule has 4 heteroatoms. The molecular weight excluding hydrogens is 216 g/mol. The maximum absolute atomic E-state index is 8.58. The van der Waals surface area contributed by atoms with E-state index in [1.54, 1.807) is 0 Å². The number of nitrogens with one attached hydrogen (secondary N) is 1. The summed E-state index contributed by atoms with van der Waals surface area (Å²) in [4.78, 5) is 0. The Balaban J connectivity index is 2.92. The Hall–Kier alpha value is -1.73. The van der Waals surface area contributed by atoms with Crippen LogP contribution in [0, 0.1) is 11.3 Å². The van der Waals surface area contributed by atoms with E-state index < -0.39 is 0 Å². The van der Waals surface area contributed by atoms with Crippen molar-refractivity contribution in [2.24, 2.45) is 0 Å². The van der Waals surface area contributed by atoms with Crippen molar-refractivity contribution >= 4 is 0 Å². The normalized spacial score (nSPS) is 9.71. The van der Waals surface area contributed by atoms with E-state index in [2.05, 4.69) is 5.32 Å². The highest BCUT2D eigenvalue weighted by Gasteiger charge is 2.10. The molecular formula is C13H18N2O2. The molecule has 0 spiro atoms. The van der Waals surface area contributed by atoms with E-state index >= 15 is 0 Å². The van der Waals surface area contributed by atoms with Gasteiger partial charge in [0.05, 0.1) is 6.61 Å². The van der Waals surface area contributed by atoms with Crippen molar-refractivity contribution in [3.63, 3.8) is 0 Å². The van der Waals surface area contributed by atoms with Crippen LogP contribution in [0.25, 0.3) is 0 Å². The molecule has 4 nitrogen and oxygen atoms in total. The van der Waals surface area contributed by atoms with Crippen LogP contribution in [0.5, 0.6) is 11.5 Å². The number of hydrogen-bond donors (Lipinski definition) is 1. The second-order valence-electron chi connectivity index (χ2n) is 3.40. The van der Waals surface area contributed by atoms with Gasteiger partial charge in [-0.3, -0.25) is 0 Å². The summed E-state index contributed by atoms with van der Waals surface area (Å²) in [5, 5.41) is 11.8. The number of benzene rings is 1. The predicted octanol–water partition coefficient (Wildman–Crippen LogP) is 2.10. The van der Waals surface area contributed by atoms with Gasteiger partial charge in [-0.1, -0.05) is 19.1 Å². The smallest absolute Gasteiger partial charge is 0.174 e. The minimum absolute atomic E-state index is 0.0310. The lowest BCUT2D eigenvalue weighted by Crippen LogP contribution is -2.13. The maximum atomic E-state index is 8.58.